The molecule has 0 saturated heterocycles. The monoisotopic (exact) mass is 404 g/mol. The third kappa shape index (κ3) is 3.82. The average Bonchev–Trinajstić information content (AvgIpc) is 2.92. The summed E-state index contributed by atoms with van der Waals surface area (Å²) >= 11 is 3.56. The van der Waals surface area contributed by atoms with E-state index >= 15 is 0 Å². The lowest BCUT2D eigenvalue weighted by Crippen LogP contribution is -2.16. The fraction of sp³-hybridized carbons (Fsp3) is 0.389. The normalized spacial score (nSPS) is 13.2. The number of ether oxygens (including phenoxy) is 1. The standard InChI is InChI=1S/C18H21BrN4O2/c1-11(24)12-6-5-9-20-17(12)25-14-8-7-13-16(15(14)19)21-22-23(13)10-18(2,3)4/h5-9,11,24H,10H2,1-4H3/t11-/m0/s1. The van der Waals surface area contributed by atoms with Crippen LogP contribution in [0.25, 0.3) is 11.0 Å². The van der Waals surface area contributed by atoms with Gasteiger partial charge in [0.15, 0.2) is 0 Å². The zero-order valence-corrected chi connectivity index (χ0v) is 16.3. The number of aromatic nitrogens is 4. The number of rotatable bonds is 4. The first-order chi connectivity index (χ1) is 11.8. The highest BCUT2D eigenvalue weighted by molar-refractivity contribution is 9.10. The van der Waals surface area contributed by atoms with Gasteiger partial charge in [0.05, 0.1) is 16.1 Å². The van der Waals surface area contributed by atoms with Crippen LogP contribution in [0.1, 0.15) is 39.4 Å². The molecule has 0 bridgehead atoms. The summed E-state index contributed by atoms with van der Waals surface area (Å²) in [7, 11) is 0. The molecule has 2 aromatic heterocycles. The lowest BCUT2D eigenvalue weighted by Gasteiger charge is -2.18. The van der Waals surface area contributed by atoms with Gasteiger partial charge < -0.3 is 9.84 Å². The zero-order chi connectivity index (χ0) is 18.2. The molecule has 0 amide bonds. The van der Waals surface area contributed by atoms with Gasteiger partial charge in [-0.05, 0) is 52.5 Å². The lowest BCUT2D eigenvalue weighted by atomic mass is 9.97. The van der Waals surface area contributed by atoms with E-state index in [4.69, 9.17) is 4.74 Å². The number of aliphatic hydroxyl groups excluding tert-OH is 1. The Morgan fingerprint density at radius 2 is 2.04 bits per heavy atom. The fourth-order valence-electron chi connectivity index (χ4n) is 2.54. The highest BCUT2D eigenvalue weighted by Crippen LogP contribution is 2.36. The van der Waals surface area contributed by atoms with Crippen molar-refractivity contribution in [2.75, 3.05) is 0 Å². The number of benzene rings is 1. The second kappa shape index (κ2) is 6.72. The van der Waals surface area contributed by atoms with E-state index in [9.17, 15) is 5.11 Å². The van der Waals surface area contributed by atoms with Gasteiger partial charge in [0, 0.05) is 18.3 Å². The van der Waals surface area contributed by atoms with Gasteiger partial charge in [-0.15, -0.1) is 5.10 Å². The summed E-state index contributed by atoms with van der Waals surface area (Å²) in [6, 6.07) is 7.35. The van der Waals surface area contributed by atoms with Gasteiger partial charge in [0.2, 0.25) is 5.88 Å². The molecular formula is C18H21BrN4O2. The first-order valence-electron chi connectivity index (χ1n) is 8.09. The van der Waals surface area contributed by atoms with Crippen LogP contribution >= 0.6 is 15.9 Å². The minimum Gasteiger partial charge on any atom is -0.437 e. The number of halogens is 1. The smallest absolute Gasteiger partial charge is 0.225 e. The minimum absolute atomic E-state index is 0.0996. The van der Waals surface area contributed by atoms with Crippen molar-refractivity contribution in [3.05, 3.63) is 40.5 Å². The molecule has 7 heteroatoms. The van der Waals surface area contributed by atoms with E-state index in [-0.39, 0.29) is 5.41 Å². The van der Waals surface area contributed by atoms with Gasteiger partial charge >= 0.3 is 0 Å². The van der Waals surface area contributed by atoms with Crippen molar-refractivity contribution >= 4 is 27.0 Å². The molecule has 1 aromatic carbocycles. The third-order valence-corrected chi connectivity index (χ3v) is 4.44. The molecule has 0 spiro atoms. The highest BCUT2D eigenvalue weighted by Gasteiger charge is 2.19. The molecule has 0 aliphatic heterocycles. The third-order valence-electron chi connectivity index (χ3n) is 3.67. The van der Waals surface area contributed by atoms with Crippen LogP contribution in [0.3, 0.4) is 0 Å². The molecule has 1 N–H and O–H groups in total. The van der Waals surface area contributed by atoms with Crippen molar-refractivity contribution in [1.82, 2.24) is 20.0 Å². The summed E-state index contributed by atoms with van der Waals surface area (Å²) in [5.74, 6) is 0.954. The van der Waals surface area contributed by atoms with Crippen LogP contribution in [0.5, 0.6) is 11.6 Å². The SMILES string of the molecule is C[C@H](O)c1cccnc1Oc1ccc2c(nnn2CC(C)(C)C)c1Br. The van der Waals surface area contributed by atoms with Crippen molar-refractivity contribution < 1.29 is 9.84 Å². The molecule has 1 atom stereocenters. The molecule has 0 aliphatic rings. The van der Waals surface area contributed by atoms with Crippen molar-refractivity contribution in [2.45, 2.75) is 40.3 Å². The molecule has 132 valence electrons. The molecule has 0 fully saturated rings. The van der Waals surface area contributed by atoms with Crippen molar-refractivity contribution in [3.63, 3.8) is 0 Å². The Hall–Kier alpha value is -1.99. The Morgan fingerprint density at radius 1 is 1.28 bits per heavy atom. The number of hydrogen-bond donors (Lipinski definition) is 1. The summed E-state index contributed by atoms with van der Waals surface area (Å²) in [5.41, 5.74) is 2.40. The predicted molar refractivity (Wildman–Crippen MR) is 99.6 cm³/mol. The van der Waals surface area contributed by atoms with E-state index in [0.717, 1.165) is 17.6 Å². The van der Waals surface area contributed by atoms with Crippen molar-refractivity contribution in [2.24, 2.45) is 5.41 Å². The molecule has 3 aromatic rings. The van der Waals surface area contributed by atoms with E-state index in [1.54, 1.807) is 25.3 Å². The van der Waals surface area contributed by atoms with Gasteiger partial charge in [-0.25, -0.2) is 9.67 Å². The maximum atomic E-state index is 9.88. The maximum Gasteiger partial charge on any atom is 0.225 e. The topological polar surface area (TPSA) is 73.1 Å². The van der Waals surface area contributed by atoms with Crippen molar-refractivity contribution in [3.8, 4) is 11.6 Å². The summed E-state index contributed by atoms with van der Waals surface area (Å²) in [6.07, 6.45) is 0.964. The first-order valence-corrected chi connectivity index (χ1v) is 8.88. The molecule has 0 radical (unpaired) electrons. The highest BCUT2D eigenvalue weighted by atomic mass is 79.9. The van der Waals surface area contributed by atoms with Crippen LogP contribution in [-0.2, 0) is 6.54 Å². The molecular weight excluding hydrogens is 384 g/mol. The van der Waals surface area contributed by atoms with Crippen LogP contribution in [-0.4, -0.2) is 25.1 Å². The van der Waals surface area contributed by atoms with Gasteiger partial charge in [-0.3, -0.25) is 0 Å². The van der Waals surface area contributed by atoms with Gasteiger partial charge in [0.1, 0.15) is 11.3 Å². The van der Waals surface area contributed by atoms with Crippen LogP contribution in [0.2, 0.25) is 0 Å². The Kier molecular flexibility index (Phi) is 4.79. The minimum atomic E-state index is -0.668. The van der Waals surface area contributed by atoms with E-state index < -0.39 is 6.10 Å². The Morgan fingerprint density at radius 3 is 2.72 bits per heavy atom. The summed E-state index contributed by atoms with van der Waals surface area (Å²) in [5, 5.41) is 18.4. The van der Waals surface area contributed by atoms with E-state index in [0.29, 0.717) is 21.7 Å². The molecule has 6 nitrogen and oxygen atoms in total. The number of fused-ring (bicyclic) bond motifs is 1. The van der Waals surface area contributed by atoms with Gasteiger partial charge in [-0.2, -0.15) is 0 Å². The van der Waals surface area contributed by atoms with Gasteiger partial charge in [0.25, 0.3) is 0 Å². The van der Waals surface area contributed by atoms with E-state index in [1.165, 1.54) is 0 Å². The van der Waals surface area contributed by atoms with Crippen LogP contribution in [0.4, 0.5) is 0 Å². The molecule has 0 unspecified atom stereocenters. The van der Waals surface area contributed by atoms with Crippen LogP contribution in [0.15, 0.2) is 34.9 Å². The van der Waals surface area contributed by atoms with E-state index in [2.05, 4.69) is 52.0 Å². The Balaban J connectivity index is 1.98. The molecule has 0 aliphatic carbocycles. The second-order valence-electron chi connectivity index (χ2n) is 7.23. The quantitative estimate of drug-likeness (QED) is 0.693. The number of pyridine rings is 1. The predicted octanol–water partition coefficient (Wildman–Crippen LogP) is 4.48. The van der Waals surface area contributed by atoms with E-state index in [1.807, 2.05) is 16.8 Å². The van der Waals surface area contributed by atoms with Gasteiger partial charge in [-0.1, -0.05) is 26.0 Å². The molecule has 0 saturated carbocycles. The fourth-order valence-corrected chi connectivity index (χ4v) is 3.04. The number of aliphatic hydroxyl groups is 1. The van der Waals surface area contributed by atoms with Crippen molar-refractivity contribution in [1.29, 1.82) is 0 Å². The first kappa shape index (κ1) is 17.8. The lowest BCUT2D eigenvalue weighted by molar-refractivity contribution is 0.194. The zero-order valence-electron chi connectivity index (χ0n) is 14.7. The average molecular weight is 405 g/mol. The van der Waals surface area contributed by atoms with Crippen LogP contribution in [0, 0.1) is 5.41 Å². The Bertz CT molecular complexity index is 900. The number of hydrogen-bond acceptors (Lipinski definition) is 5. The Labute approximate surface area is 155 Å². The molecule has 2 heterocycles. The van der Waals surface area contributed by atoms with Crippen LogP contribution < -0.4 is 4.74 Å². The summed E-state index contributed by atoms with van der Waals surface area (Å²) in [6.45, 7) is 8.92. The number of nitrogens with zero attached hydrogens (tertiary/aromatic N) is 4. The maximum absolute atomic E-state index is 9.88. The summed E-state index contributed by atoms with van der Waals surface area (Å²) < 4.78 is 8.53. The molecule has 3 rings (SSSR count). The summed E-state index contributed by atoms with van der Waals surface area (Å²) in [4.78, 5) is 4.23. The largest absolute Gasteiger partial charge is 0.437 e. The molecule has 25 heavy (non-hydrogen) atoms. The second-order valence-corrected chi connectivity index (χ2v) is 8.02.